The smallest absolute Gasteiger partial charge is 0.284 e. The molecule has 206 valence electrons. The molecule has 1 aliphatic carbocycles. The third-order valence-corrected chi connectivity index (χ3v) is 7.95. The first kappa shape index (κ1) is 29.8. The third kappa shape index (κ3) is 7.22. The fraction of sp³-hybridized carbons (Fsp3) is 0.500. The van der Waals surface area contributed by atoms with Crippen LogP contribution < -0.4 is 16.0 Å². The van der Waals surface area contributed by atoms with Gasteiger partial charge in [-0.05, 0) is 38.4 Å². The number of thiazole rings is 1. The fourth-order valence-corrected chi connectivity index (χ4v) is 5.89. The van der Waals surface area contributed by atoms with Gasteiger partial charge in [0.25, 0.3) is 11.8 Å². The lowest BCUT2D eigenvalue weighted by Gasteiger charge is -2.37. The number of halogens is 2. The number of fused-ring (bicyclic) bond motifs is 1. The Hall–Kier alpha value is -2.74. The zero-order chi connectivity index (χ0) is 26.7. The molecule has 0 radical (unpaired) electrons. The normalized spacial score (nSPS) is 20.9. The van der Waals surface area contributed by atoms with Gasteiger partial charge in [-0.2, -0.15) is 0 Å². The monoisotopic (exact) mass is 583 g/mol. The summed E-state index contributed by atoms with van der Waals surface area (Å²) in [6.45, 7) is 1.66. The van der Waals surface area contributed by atoms with E-state index in [1.807, 2.05) is 7.05 Å². The summed E-state index contributed by atoms with van der Waals surface area (Å²) in [5.41, 5.74) is 0.958. The van der Waals surface area contributed by atoms with Crippen LogP contribution >= 0.6 is 36.0 Å². The van der Waals surface area contributed by atoms with Crippen LogP contribution in [-0.2, 0) is 22.6 Å². The van der Waals surface area contributed by atoms with E-state index in [9.17, 15) is 18.8 Å². The standard InChI is InChI=1S/C24H30FN7O3S2.ClH/c1-31(2)24(35)13-4-6-15(28-22(36)20(33)30-19-7-5-14(25)11-26-19)17(10-13)27-21(34)23-29-16-8-9-32(3)12-18(16)37-23;/h5,7,11,13,15,17H,4,6,8-10,12H2,1-3H3,(H,27,34)(H,28,36)(H,26,30,33);1H/t13-,15-,17+;/m0./s1. The third-order valence-electron chi connectivity index (χ3n) is 6.56. The van der Waals surface area contributed by atoms with Gasteiger partial charge in [-0.1, -0.05) is 12.2 Å². The van der Waals surface area contributed by atoms with Crippen molar-refractivity contribution in [3.8, 4) is 0 Å². The Morgan fingerprint density at radius 1 is 1.18 bits per heavy atom. The highest BCUT2D eigenvalue weighted by molar-refractivity contribution is 7.82. The lowest BCUT2D eigenvalue weighted by atomic mass is 9.81. The summed E-state index contributed by atoms with van der Waals surface area (Å²) in [6.07, 6.45) is 3.31. The van der Waals surface area contributed by atoms with Crippen LogP contribution in [-0.4, -0.2) is 82.2 Å². The van der Waals surface area contributed by atoms with Gasteiger partial charge in [-0.25, -0.2) is 14.4 Å². The molecule has 3 heterocycles. The van der Waals surface area contributed by atoms with Crippen molar-refractivity contribution < 1.29 is 18.8 Å². The number of aromatic nitrogens is 2. The highest BCUT2D eigenvalue weighted by Crippen LogP contribution is 2.28. The Morgan fingerprint density at radius 2 is 1.95 bits per heavy atom. The molecule has 3 N–H and O–H groups in total. The van der Waals surface area contributed by atoms with E-state index >= 15 is 0 Å². The van der Waals surface area contributed by atoms with Gasteiger partial charge in [0.1, 0.15) is 11.6 Å². The second kappa shape index (κ2) is 12.9. The van der Waals surface area contributed by atoms with Crippen LogP contribution in [0.1, 0.15) is 39.6 Å². The number of likely N-dealkylation sites (N-methyl/N-ethyl adjacent to an activating group) is 1. The largest absolute Gasteiger partial charge is 0.367 e. The van der Waals surface area contributed by atoms with E-state index in [1.54, 1.807) is 19.0 Å². The van der Waals surface area contributed by atoms with Crippen LogP contribution in [0.25, 0.3) is 0 Å². The molecule has 4 rings (SSSR count). The van der Waals surface area contributed by atoms with E-state index in [-0.39, 0.29) is 47.0 Å². The molecule has 0 aromatic carbocycles. The zero-order valence-electron chi connectivity index (χ0n) is 21.3. The minimum atomic E-state index is -0.595. The zero-order valence-corrected chi connectivity index (χ0v) is 23.8. The van der Waals surface area contributed by atoms with Crippen molar-refractivity contribution >= 4 is 64.5 Å². The summed E-state index contributed by atoms with van der Waals surface area (Å²) in [4.78, 5) is 51.6. The van der Waals surface area contributed by atoms with Gasteiger partial charge in [0.2, 0.25) is 5.91 Å². The molecule has 0 unspecified atom stereocenters. The Labute approximate surface area is 236 Å². The molecule has 1 fully saturated rings. The van der Waals surface area contributed by atoms with E-state index in [0.29, 0.717) is 24.3 Å². The number of hydrogen-bond donors (Lipinski definition) is 3. The number of pyridine rings is 1. The Kier molecular flexibility index (Phi) is 10.1. The molecule has 2 aliphatic rings. The number of carbonyl (C=O) groups excluding carboxylic acids is 3. The quantitative estimate of drug-likeness (QED) is 0.457. The molecule has 2 aromatic rings. The van der Waals surface area contributed by atoms with Crippen molar-refractivity contribution in [3.63, 3.8) is 0 Å². The molecule has 1 aliphatic heterocycles. The molecule has 0 saturated heterocycles. The lowest BCUT2D eigenvalue weighted by molar-refractivity contribution is -0.134. The first-order chi connectivity index (χ1) is 17.6. The Morgan fingerprint density at radius 3 is 2.63 bits per heavy atom. The number of nitrogens with zero attached hydrogens (tertiary/aromatic N) is 4. The number of amides is 3. The van der Waals surface area contributed by atoms with Gasteiger partial charge in [-0.15, -0.1) is 23.7 Å². The van der Waals surface area contributed by atoms with E-state index < -0.39 is 17.8 Å². The maximum Gasteiger partial charge on any atom is 0.284 e. The molecule has 1 saturated carbocycles. The number of anilines is 1. The summed E-state index contributed by atoms with van der Waals surface area (Å²) in [7, 11) is 5.45. The van der Waals surface area contributed by atoms with Gasteiger partial charge in [0.15, 0.2) is 10.00 Å². The van der Waals surface area contributed by atoms with Crippen molar-refractivity contribution in [2.45, 2.75) is 44.3 Å². The SMILES string of the molecule is CN1CCc2nc(C(=O)N[C@@H]3C[C@@H](C(=O)N(C)C)CC[C@@H]3NC(=S)C(=O)Nc3ccc(F)cn3)sc2C1.Cl. The molecule has 38 heavy (non-hydrogen) atoms. The van der Waals surface area contributed by atoms with E-state index in [0.717, 1.165) is 36.3 Å². The first-order valence-corrected chi connectivity index (χ1v) is 13.3. The predicted molar refractivity (Wildman–Crippen MR) is 149 cm³/mol. The lowest BCUT2D eigenvalue weighted by Crippen LogP contribution is -2.56. The minimum absolute atomic E-state index is 0. The summed E-state index contributed by atoms with van der Waals surface area (Å²) < 4.78 is 13.1. The highest BCUT2D eigenvalue weighted by Gasteiger charge is 2.37. The molecule has 3 atom stereocenters. The summed E-state index contributed by atoms with van der Waals surface area (Å²) in [6, 6.07) is 1.70. The first-order valence-electron chi connectivity index (χ1n) is 12.0. The minimum Gasteiger partial charge on any atom is -0.367 e. The van der Waals surface area contributed by atoms with Gasteiger partial charge in [0, 0.05) is 50.4 Å². The van der Waals surface area contributed by atoms with Crippen molar-refractivity contribution in [2.24, 2.45) is 5.92 Å². The summed E-state index contributed by atoms with van der Waals surface area (Å²) >= 11 is 6.69. The van der Waals surface area contributed by atoms with E-state index in [1.165, 1.54) is 23.5 Å². The summed E-state index contributed by atoms with van der Waals surface area (Å²) in [5.74, 6) is -1.52. The van der Waals surface area contributed by atoms with Gasteiger partial charge >= 0.3 is 0 Å². The second-order valence-corrected chi connectivity index (χ2v) is 11.1. The van der Waals surface area contributed by atoms with Crippen LogP contribution in [0.5, 0.6) is 0 Å². The molecule has 3 amide bonds. The number of carbonyl (C=O) groups is 3. The Balaban J connectivity index is 0.00000400. The predicted octanol–water partition coefficient (Wildman–Crippen LogP) is 2.00. The van der Waals surface area contributed by atoms with Crippen LogP contribution in [0.15, 0.2) is 18.3 Å². The van der Waals surface area contributed by atoms with Gasteiger partial charge in [-0.3, -0.25) is 14.4 Å². The molecule has 10 nitrogen and oxygen atoms in total. The van der Waals surface area contributed by atoms with Crippen molar-refractivity contribution in [1.82, 2.24) is 30.4 Å². The van der Waals surface area contributed by atoms with E-state index in [2.05, 4.69) is 30.8 Å². The average molecular weight is 584 g/mol. The summed E-state index contributed by atoms with van der Waals surface area (Å²) in [5, 5.41) is 9.03. The number of rotatable bonds is 5. The number of hydrogen-bond acceptors (Lipinski definition) is 8. The topological polar surface area (TPSA) is 120 Å². The van der Waals surface area contributed by atoms with Crippen LogP contribution in [0.3, 0.4) is 0 Å². The molecule has 14 heteroatoms. The second-order valence-electron chi connectivity index (χ2n) is 9.60. The molecule has 2 aromatic heterocycles. The van der Waals surface area contributed by atoms with E-state index in [4.69, 9.17) is 12.2 Å². The van der Waals surface area contributed by atoms with Crippen molar-refractivity contribution in [3.05, 3.63) is 39.7 Å². The number of nitrogens with one attached hydrogen (secondary N) is 3. The van der Waals surface area contributed by atoms with Gasteiger partial charge in [0.05, 0.1) is 17.9 Å². The molecule has 0 spiro atoms. The van der Waals surface area contributed by atoms with Crippen molar-refractivity contribution in [2.75, 3.05) is 33.0 Å². The van der Waals surface area contributed by atoms with Crippen molar-refractivity contribution in [1.29, 1.82) is 0 Å². The van der Waals surface area contributed by atoms with Crippen LogP contribution in [0.2, 0.25) is 0 Å². The van der Waals surface area contributed by atoms with Gasteiger partial charge < -0.3 is 25.8 Å². The van der Waals surface area contributed by atoms with Crippen LogP contribution in [0, 0.1) is 11.7 Å². The Bertz CT molecular complexity index is 1190. The highest BCUT2D eigenvalue weighted by atomic mass is 35.5. The average Bonchev–Trinajstić information content (AvgIpc) is 3.29. The number of thiocarbonyl (C=S) groups is 1. The molecule has 0 bridgehead atoms. The molecular weight excluding hydrogens is 553 g/mol. The van der Waals surface area contributed by atoms with Crippen LogP contribution in [0.4, 0.5) is 10.2 Å². The fourth-order valence-electron chi connectivity index (χ4n) is 4.60. The maximum atomic E-state index is 13.2. The molecular formula is C24H31ClFN7O3S2. The maximum absolute atomic E-state index is 13.2.